The van der Waals surface area contributed by atoms with E-state index in [9.17, 15) is 4.79 Å². The van der Waals surface area contributed by atoms with Gasteiger partial charge in [0.1, 0.15) is 5.75 Å². The van der Waals surface area contributed by atoms with Gasteiger partial charge in [-0.2, -0.15) is 0 Å². The van der Waals surface area contributed by atoms with Crippen molar-refractivity contribution in [3.63, 3.8) is 0 Å². The molecule has 0 unspecified atom stereocenters. The molecule has 5 heteroatoms. The monoisotopic (exact) mass is 421 g/mol. The Hall–Kier alpha value is -2.53. The third-order valence-electron chi connectivity index (χ3n) is 6.99. The normalized spacial score (nSPS) is 18.3. The maximum Gasteiger partial charge on any atom is 0.225 e. The first-order valence-electron chi connectivity index (χ1n) is 11.5. The van der Waals surface area contributed by atoms with Crippen LogP contribution in [0.4, 0.5) is 5.69 Å². The second-order valence-electron chi connectivity index (χ2n) is 8.93. The number of hydrogen-bond acceptors (Lipinski definition) is 4. The molecule has 4 rings (SSSR count). The summed E-state index contributed by atoms with van der Waals surface area (Å²) in [5.41, 5.74) is 5.27. The number of amides is 1. The van der Waals surface area contributed by atoms with Crippen LogP contribution in [0.15, 0.2) is 42.5 Å². The van der Waals surface area contributed by atoms with Crippen molar-refractivity contribution in [1.82, 2.24) is 9.80 Å². The van der Waals surface area contributed by atoms with E-state index in [0.29, 0.717) is 5.91 Å². The Morgan fingerprint density at radius 1 is 0.968 bits per heavy atom. The summed E-state index contributed by atoms with van der Waals surface area (Å²) in [5.74, 6) is 1.44. The van der Waals surface area contributed by atoms with E-state index in [1.54, 1.807) is 7.11 Å². The van der Waals surface area contributed by atoms with Gasteiger partial charge in [0.25, 0.3) is 0 Å². The summed E-state index contributed by atoms with van der Waals surface area (Å²) < 4.78 is 5.34. The molecular weight excluding hydrogens is 386 g/mol. The first-order chi connectivity index (χ1) is 15.0. The van der Waals surface area contributed by atoms with Gasteiger partial charge < -0.3 is 14.5 Å². The predicted molar refractivity (Wildman–Crippen MR) is 126 cm³/mol. The number of carbonyl (C=O) groups excluding carboxylic acids is 1. The molecule has 2 aromatic carbocycles. The van der Waals surface area contributed by atoms with Gasteiger partial charge in [0.15, 0.2) is 0 Å². The number of rotatable bonds is 5. The predicted octanol–water partition coefficient (Wildman–Crippen LogP) is 3.87. The first kappa shape index (κ1) is 21.7. The number of piperazine rings is 1. The van der Waals surface area contributed by atoms with Crippen molar-refractivity contribution in [3.8, 4) is 5.75 Å². The molecule has 0 spiro atoms. The lowest BCUT2D eigenvalue weighted by molar-refractivity contribution is -0.137. The highest BCUT2D eigenvalue weighted by Gasteiger charge is 2.30. The minimum absolute atomic E-state index is 0.175. The van der Waals surface area contributed by atoms with E-state index < -0.39 is 0 Å². The van der Waals surface area contributed by atoms with E-state index in [4.69, 9.17) is 4.74 Å². The molecule has 0 N–H and O–H groups in total. The highest BCUT2D eigenvalue weighted by atomic mass is 16.5. The van der Waals surface area contributed by atoms with Gasteiger partial charge >= 0.3 is 0 Å². The van der Waals surface area contributed by atoms with E-state index in [0.717, 1.165) is 64.4 Å². The average Bonchev–Trinajstić information content (AvgIpc) is 2.81. The zero-order chi connectivity index (χ0) is 21.8. The minimum Gasteiger partial charge on any atom is -0.497 e. The van der Waals surface area contributed by atoms with Crippen LogP contribution in [0.5, 0.6) is 5.75 Å². The SMILES string of the molecule is COc1cccc(CN2CCC(C(=O)N3CCN(c4cccc(C)c4C)CC3)CC2)c1. The second kappa shape index (κ2) is 9.73. The lowest BCUT2D eigenvalue weighted by atomic mass is 9.94. The molecule has 0 radical (unpaired) electrons. The molecule has 2 heterocycles. The molecule has 0 bridgehead atoms. The van der Waals surface area contributed by atoms with Crippen molar-refractivity contribution in [3.05, 3.63) is 59.2 Å². The number of anilines is 1. The molecule has 31 heavy (non-hydrogen) atoms. The van der Waals surface area contributed by atoms with Crippen LogP contribution in [0.25, 0.3) is 0 Å². The van der Waals surface area contributed by atoms with Crippen molar-refractivity contribution < 1.29 is 9.53 Å². The average molecular weight is 422 g/mol. The minimum atomic E-state index is 0.175. The molecule has 0 atom stereocenters. The number of ether oxygens (including phenoxy) is 1. The third-order valence-corrected chi connectivity index (χ3v) is 6.99. The number of likely N-dealkylation sites (tertiary alicyclic amines) is 1. The van der Waals surface area contributed by atoms with Crippen LogP contribution in [0, 0.1) is 19.8 Å². The molecular formula is C26H35N3O2. The Morgan fingerprint density at radius 3 is 2.39 bits per heavy atom. The van der Waals surface area contributed by atoms with E-state index in [2.05, 4.69) is 58.9 Å². The van der Waals surface area contributed by atoms with Crippen LogP contribution in [-0.2, 0) is 11.3 Å². The molecule has 2 aliphatic rings. The van der Waals surface area contributed by atoms with Crippen LogP contribution in [0.3, 0.4) is 0 Å². The summed E-state index contributed by atoms with van der Waals surface area (Å²) in [4.78, 5) is 20.1. The van der Waals surface area contributed by atoms with Crippen molar-refractivity contribution in [2.24, 2.45) is 5.92 Å². The number of carbonyl (C=O) groups is 1. The molecule has 166 valence electrons. The summed E-state index contributed by atoms with van der Waals surface area (Å²) in [5, 5.41) is 0. The van der Waals surface area contributed by atoms with Crippen molar-refractivity contribution in [2.75, 3.05) is 51.3 Å². The Labute approximate surface area is 186 Å². The molecule has 1 amide bonds. The quantitative estimate of drug-likeness (QED) is 0.734. The number of piperidine rings is 1. The standard InChI is InChI=1S/C26H35N3O2/c1-20-6-4-9-25(21(20)2)28-14-16-29(17-15-28)26(30)23-10-12-27(13-11-23)19-22-7-5-8-24(18-22)31-3/h4-9,18,23H,10-17,19H2,1-3H3. The van der Waals surface area contributed by atoms with Gasteiger partial charge in [-0.3, -0.25) is 9.69 Å². The molecule has 2 fully saturated rings. The number of benzene rings is 2. The van der Waals surface area contributed by atoms with Crippen molar-refractivity contribution in [2.45, 2.75) is 33.2 Å². The Bertz CT molecular complexity index is 897. The van der Waals surface area contributed by atoms with Gasteiger partial charge in [0.2, 0.25) is 5.91 Å². The van der Waals surface area contributed by atoms with Crippen LogP contribution in [0.1, 0.15) is 29.5 Å². The number of hydrogen-bond donors (Lipinski definition) is 0. The maximum absolute atomic E-state index is 13.1. The molecule has 2 saturated heterocycles. The Morgan fingerprint density at radius 2 is 1.68 bits per heavy atom. The highest BCUT2D eigenvalue weighted by molar-refractivity contribution is 5.79. The van der Waals surface area contributed by atoms with E-state index in [1.165, 1.54) is 22.4 Å². The molecule has 2 aromatic rings. The zero-order valence-electron chi connectivity index (χ0n) is 19.1. The van der Waals surface area contributed by atoms with Gasteiger partial charge in [-0.25, -0.2) is 0 Å². The fourth-order valence-electron chi connectivity index (χ4n) is 4.87. The second-order valence-corrected chi connectivity index (χ2v) is 8.93. The van der Waals surface area contributed by atoms with Crippen molar-refractivity contribution >= 4 is 11.6 Å². The third kappa shape index (κ3) is 5.04. The summed E-state index contributed by atoms with van der Waals surface area (Å²) in [6, 6.07) is 14.8. The summed E-state index contributed by atoms with van der Waals surface area (Å²) >= 11 is 0. The Kier molecular flexibility index (Phi) is 6.81. The first-order valence-corrected chi connectivity index (χ1v) is 11.5. The molecule has 0 aromatic heterocycles. The fraction of sp³-hybridized carbons (Fsp3) is 0.500. The zero-order valence-corrected chi connectivity index (χ0v) is 19.1. The van der Waals surface area contributed by atoms with Gasteiger partial charge in [0.05, 0.1) is 7.11 Å². The topological polar surface area (TPSA) is 36.0 Å². The van der Waals surface area contributed by atoms with E-state index >= 15 is 0 Å². The smallest absolute Gasteiger partial charge is 0.225 e. The largest absolute Gasteiger partial charge is 0.497 e. The van der Waals surface area contributed by atoms with E-state index in [-0.39, 0.29) is 5.92 Å². The fourth-order valence-corrected chi connectivity index (χ4v) is 4.87. The number of nitrogens with zero attached hydrogens (tertiary/aromatic N) is 3. The highest BCUT2D eigenvalue weighted by Crippen LogP contribution is 2.26. The molecule has 0 saturated carbocycles. The van der Waals surface area contributed by atoms with Gasteiger partial charge in [-0.05, 0) is 74.7 Å². The van der Waals surface area contributed by atoms with Crippen LogP contribution in [0.2, 0.25) is 0 Å². The van der Waals surface area contributed by atoms with Crippen LogP contribution >= 0.6 is 0 Å². The van der Waals surface area contributed by atoms with Gasteiger partial charge in [-0.1, -0.05) is 24.3 Å². The summed E-state index contributed by atoms with van der Waals surface area (Å²) in [6.07, 6.45) is 1.92. The number of aryl methyl sites for hydroxylation is 1. The Balaban J connectivity index is 1.26. The van der Waals surface area contributed by atoms with Gasteiger partial charge in [0, 0.05) is 44.3 Å². The summed E-state index contributed by atoms with van der Waals surface area (Å²) in [6.45, 7) is 10.8. The van der Waals surface area contributed by atoms with Crippen LogP contribution in [-0.4, -0.2) is 62.1 Å². The van der Waals surface area contributed by atoms with E-state index in [1.807, 2.05) is 12.1 Å². The molecule has 2 aliphatic heterocycles. The lowest BCUT2D eigenvalue weighted by Gasteiger charge is -2.40. The lowest BCUT2D eigenvalue weighted by Crippen LogP contribution is -2.51. The summed E-state index contributed by atoms with van der Waals surface area (Å²) in [7, 11) is 1.71. The molecule has 5 nitrogen and oxygen atoms in total. The van der Waals surface area contributed by atoms with Gasteiger partial charge in [-0.15, -0.1) is 0 Å². The molecule has 0 aliphatic carbocycles. The maximum atomic E-state index is 13.1. The number of methoxy groups -OCH3 is 1. The van der Waals surface area contributed by atoms with Crippen LogP contribution < -0.4 is 9.64 Å². The van der Waals surface area contributed by atoms with Crippen molar-refractivity contribution in [1.29, 1.82) is 0 Å².